The number of hydrogen-bond donors (Lipinski definition) is 1. The normalized spacial score (nSPS) is 11.6. The molecule has 3 rings (SSSR count). The van der Waals surface area contributed by atoms with Crippen molar-refractivity contribution >= 4 is 30.0 Å². The smallest absolute Gasteiger partial charge is 1.00 e. The second-order valence-corrected chi connectivity index (χ2v) is 6.37. The first-order chi connectivity index (χ1) is 8.80. The quantitative estimate of drug-likeness (QED) is 0.282. The fourth-order valence-corrected chi connectivity index (χ4v) is 4.19. The van der Waals surface area contributed by atoms with Crippen molar-refractivity contribution in [2.24, 2.45) is 4.99 Å². The summed E-state index contributed by atoms with van der Waals surface area (Å²) < 4.78 is 2.75. The molecule has 1 aliphatic heterocycles. The molecule has 2 aliphatic rings. The molecule has 1 heterocycles. The first kappa shape index (κ1) is 14.5. The molecule has 0 spiro atoms. The topological polar surface area (TPSA) is 38.5 Å². The standard InChI is InChI=1S/C14H13N3Se.HI/c1-15-9-3-5-11-13(7-9)18-14-8-10(16-2)4-6-12(14)17-11;/h3-8,15H,1-2H3;1H. The number of rotatable bonds is 1. The molecule has 0 unspecified atom stereocenters. The number of aromatic nitrogens is 1. The number of nitrogens with one attached hydrogen (secondary N) is 2. The van der Waals surface area contributed by atoms with Crippen LogP contribution in [0.15, 0.2) is 41.4 Å². The van der Waals surface area contributed by atoms with Crippen LogP contribution in [0.25, 0.3) is 19.9 Å². The van der Waals surface area contributed by atoms with Gasteiger partial charge in [0.05, 0.1) is 0 Å². The van der Waals surface area contributed by atoms with Crippen LogP contribution in [0, 0.1) is 0 Å². The van der Waals surface area contributed by atoms with Crippen LogP contribution in [0.5, 0.6) is 0 Å². The van der Waals surface area contributed by atoms with Crippen LogP contribution in [0.3, 0.4) is 0 Å². The van der Waals surface area contributed by atoms with E-state index in [1.54, 1.807) is 0 Å². The SMILES string of the molecule is CN=c1ccc2[nH+]c3ccc(NC)cc3[se]c-2c1.[I-]. The summed E-state index contributed by atoms with van der Waals surface area (Å²) in [6.07, 6.45) is 0. The zero-order valence-corrected chi connectivity index (χ0v) is 14.6. The molecule has 1 aromatic rings. The van der Waals surface area contributed by atoms with E-state index >= 15 is 0 Å². The summed E-state index contributed by atoms with van der Waals surface area (Å²) >= 11 is 0.337. The van der Waals surface area contributed by atoms with Gasteiger partial charge in [-0.1, -0.05) is 0 Å². The molecule has 0 amide bonds. The zero-order chi connectivity index (χ0) is 12.5. The molecular weight excluding hydrogens is 416 g/mol. The number of aromatic amines is 1. The molecule has 1 aromatic carbocycles. The Hall–Kier alpha value is -0.911. The summed E-state index contributed by atoms with van der Waals surface area (Å²) in [5.74, 6) is 0. The van der Waals surface area contributed by atoms with Crippen LogP contribution in [0.4, 0.5) is 5.69 Å². The summed E-state index contributed by atoms with van der Waals surface area (Å²) in [7, 11) is 3.78. The van der Waals surface area contributed by atoms with Gasteiger partial charge in [0.25, 0.3) is 0 Å². The van der Waals surface area contributed by atoms with Crippen molar-refractivity contribution in [2.45, 2.75) is 0 Å². The van der Waals surface area contributed by atoms with Crippen molar-refractivity contribution < 1.29 is 29.0 Å². The number of halogens is 1. The van der Waals surface area contributed by atoms with Gasteiger partial charge in [0.15, 0.2) is 0 Å². The minimum Gasteiger partial charge on any atom is -1.00 e. The van der Waals surface area contributed by atoms with E-state index in [4.69, 9.17) is 0 Å². The minimum atomic E-state index is 0. The van der Waals surface area contributed by atoms with E-state index < -0.39 is 0 Å². The molecule has 1 aliphatic carbocycles. The first-order valence-electron chi connectivity index (χ1n) is 5.81. The average Bonchev–Trinajstić information content (AvgIpc) is 2.43. The van der Waals surface area contributed by atoms with Gasteiger partial charge in [-0.3, -0.25) is 0 Å². The Morgan fingerprint density at radius 3 is 2.74 bits per heavy atom. The maximum Gasteiger partial charge on any atom is -1.00 e. The van der Waals surface area contributed by atoms with E-state index in [1.807, 2.05) is 14.1 Å². The van der Waals surface area contributed by atoms with Crippen molar-refractivity contribution in [1.82, 2.24) is 0 Å². The first-order valence-corrected chi connectivity index (χ1v) is 7.52. The number of anilines is 1. The monoisotopic (exact) mass is 431 g/mol. The molecule has 0 aromatic heterocycles. The third-order valence-corrected chi connectivity index (χ3v) is 5.32. The van der Waals surface area contributed by atoms with Gasteiger partial charge in [0.1, 0.15) is 0 Å². The Balaban J connectivity index is 0.00000133. The van der Waals surface area contributed by atoms with E-state index in [-0.39, 0.29) is 24.0 Å². The van der Waals surface area contributed by atoms with Gasteiger partial charge >= 0.3 is 111 Å². The second-order valence-electron chi connectivity index (χ2n) is 4.09. The molecule has 0 fully saturated rings. The predicted molar refractivity (Wildman–Crippen MR) is 75.1 cm³/mol. The van der Waals surface area contributed by atoms with E-state index in [9.17, 15) is 0 Å². The fourth-order valence-electron chi connectivity index (χ4n) is 1.97. The van der Waals surface area contributed by atoms with Gasteiger partial charge in [-0.15, -0.1) is 0 Å². The average molecular weight is 430 g/mol. The number of nitrogens with zero attached hydrogens (tertiary/aromatic N) is 1. The Morgan fingerprint density at radius 1 is 1.16 bits per heavy atom. The molecule has 3 nitrogen and oxygen atoms in total. The molecular formula is C14H14IN3Se. The van der Waals surface area contributed by atoms with Gasteiger partial charge in [-0.05, 0) is 0 Å². The zero-order valence-electron chi connectivity index (χ0n) is 10.7. The fraction of sp³-hybridized carbons (Fsp3) is 0.143. The molecule has 19 heavy (non-hydrogen) atoms. The van der Waals surface area contributed by atoms with Gasteiger partial charge in [-0.2, -0.15) is 0 Å². The summed E-state index contributed by atoms with van der Waals surface area (Å²) in [4.78, 5) is 7.73. The van der Waals surface area contributed by atoms with Gasteiger partial charge in [0.2, 0.25) is 0 Å². The maximum atomic E-state index is 4.24. The molecule has 0 saturated heterocycles. The van der Waals surface area contributed by atoms with Crippen LogP contribution >= 0.6 is 0 Å². The Kier molecular flexibility index (Phi) is 4.60. The van der Waals surface area contributed by atoms with Crippen molar-refractivity contribution in [3.63, 3.8) is 0 Å². The molecule has 0 radical (unpaired) electrons. The number of benzene rings is 2. The number of fused-ring (bicyclic) bond motifs is 2. The van der Waals surface area contributed by atoms with E-state index in [1.165, 1.54) is 19.9 Å². The van der Waals surface area contributed by atoms with Crippen molar-refractivity contribution in [1.29, 1.82) is 0 Å². The van der Waals surface area contributed by atoms with Gasteiger partial charge < -0.3 is 24.0 Å². The Morgan fingerprint density at radius 2 is 2.00 bits per heavy atom. The molecule has 98 valence electrons. The Bertz CT molecular complexity index is 751. The van der Waals surface area contributed by atoms with Crippen LogP contribution in [-0.4, -0.2) is 28.6 Å². The number of H-pyrrole nitrogens is 1. The second kappa shape index (κ2) is 6.03. The third-order valence-electron chi connectivity index (χ3n) is 2.98. The summed E-state index contributed by atoms with van der Waals surface area (Å²) in [5.41, 5.74) is 3.60. The molecule has 0 atom stereocenters. The summed E-state index contributed by atoms with van der Waals surface area (Å²) in [6, 6.07) is 12.8. The van der Waals surface area contributed by atoms with Crippen molar-refractivity contribution in [3.8, 4) is 10.1 Å². The maximum absolute atomic E-state index is 4.24. The van der Waals surface area contributed by atoms with Gasteiger partial charge in [0, 0.05) is 0 Å². The molecule has 0 bridgehead atoms. The largest absolute Gasteiger partial charge is 1.00 e. The number of hydrogen-bond acceptors (Lipinski definition) is 2. The third kappa shape index (κ3) is 2.83. The minimum absolute atomic E-state index is 0. The van der Waals surface area contributed by atoms with Gasteiger partial charge in [-0.25, -0.2) is 0 Å². The Labute approximate surface area is 134 Å². The van der Waals surface area contributed by atoms with E-state index in [0.29, 0.717) is 14.5 Å². The molecule has 0 saturated carbocycles. The van der Waals surface area contributed by atoms with Crippen LogP contribution in [-0.2, 0) is 0 Å². The molecule has 2 N–H and O–H groups in total. The summed E-state index contributed by atoms with van der Waals surface area (Å²) in [5, 5.41) is 4.23. The van der Waals surface area contributed by atoms with E-state index in [0.717, 1.165) is 11.0 Å². The van der Waals surface area contributed by atoms with Crippen molar-refractivity contribution in [3.05, 3.63) is 41.8 Å². The van der Waals surface area contributed by atoms with E-state index in [2.05, 4.69) is 51.7 Å². The van der Waals surface area contributed by atoms with Crippen LogP contribution in [0.2, 0.25) is 0 Å². The van der Waals surface area contributed by atoms with Crippen molar-refractivity contribution in [2.75, 3.05) is 19.4 Å². The van der Waals surface area contributed by atoms with Crippen LogP contribution < -0.4 is 39.6 Å². The predicted octanol–water partition coefficient (Wildman–Crippen LogP) is -1.61. The summed E-state index contributed by atoms with van der Waals surface area (Å²) in [6.45, 7) is 0. The van der Waals surface area contributed by atoms with Crippen LogP contribution in [0.1, 0.15) is 0 Å². The molecule has 5 heteroatoms.